The van der Waals surface area contributed by atoms with Crippen LogP contribution >= 0.6 is 0 Å². The second kappa shape index (κ2) is 9.32. The maximum absolute atomic E-state index is 13.5. The lowest BCUT2D eigenvalue weighted by Gasteiger charge is -2.31. The number of nitrogens with one attached hydrogen (secondary N) is 1. The Balaban J connectivity index is 1.42. The average Bonchev–Trinajstić information content (AvgIpc) is 2.72. The van der Waals surface area contributed by atoms with Gasteiger partial charge in [0.25, 0.3) is 5.91 Å². The van der Waals surface area contributed by atoms with Crippen LogP contribution in [0.3, 0.4) is 0 Å². The Kier molecular flexibility index (Phi) is 6.81. The van der Waals surface area contributed by atoms with Crippen molar-refractivity contribution in [2.24, 2.45) is 5.92 Å². The van der Waals surface area contributed by atoms with Crippen LogP contribution in [0.15, 0.2) is 53.4 Å². The molecule has 6 nitrogen and oxygen atoms in total. The van der Waals surface area contributed by atoms with Crippen molar-refractivity contribution in [3.63, 3.8) is 0 Å². The number of rotatable bonds is 7. The zero-order valence-corrected chi connectivity index (χ0v) is 16.5. The van der Waals surface area contributed by atoms with E-state index in [0.29, 0.717) is 38.5 Å². The average molecular weight is 424 g/mol. The van der Waals surface area contributed by atoms with Crippen molar-refractivity contribution in [2.45, 2.75) is 17.7 Å². The summed E-state index contributed by atoms with van der Waals surface area (Å²) in [5, 5.41) is 2.71. The van der Waals surface area contributed by atoms with Crippen LogP contribution < -0.4 is 10.1 Å². The van der Waals surface area contributed by atoms with E-state index in [4.69, 9.17) is 4.74 Å². The standard InChI is InChI=1S/C20H22F2N2O4S/c21-16-6-7-19(18(22)12-16)28-14-20(25)23-13-15-8-10-24(11-9-15)29(26,27)17-4-2-1-3-5-17/h1-7,12,15H,8-11,13-14H2,(H,23,25). The molecule has 1 saturated heterocycles. The molecule has 1 fully saturated rings. The number of hydrogen-bond acceptors (Lipinski definition) is 4. The van der Waals surface area contributed by atoms with Crippen molar-refractivity contribution in [2.75, 3.05) is 26.2 Å². The van der Waals surface area contributed by atoms with Gasteiger partial charge in [0.2, 0.25) is 10.0 Å². The minimum absolute atomic E-state index is 0.142. The van der Waals surface area contributed by atoms with Crippen molar-refractivity contribution >= 4 is 15.9 Å². The highest BCUT2D eigenvalue weighted by Crippen LogP contribution is 2.23. The lowest BCUT2D eigenvalue weighted by atomic mass is 9.98. The number of nitrogens with zero attached hydrogens (tertiary/aromatic N) is 1. The number of hydrogen-bond donors (Lipinski definition) is 1. The monoisotopic (exact) mass is 424 g/mol. The summed E-state index contributed by atoms with van der Waals surface area (Å²) in [6, 6.07) is 11.2. The molecule has 0 spiro atoms. The first-order valence-corrected chi connectivity index (χ1v) is 10.7. The maximum atomic E-state index is 13.5. The largest absolute Gasteiger partial charge is 0.481 e. The minimum Gasteiger partial charge on any atom is -0.481 e. The molecule has 2 aromatic carbocycles. The van der Waals surface area contributed by atoms with Gasteiger partial charge in [-0.3, -0.25) is 4.79 Å². The van der Waals surface area contributed by atoms with Gasteiger partial charge in [-0.15, -0.1) is 0 Å². The predicted octanol–water partition coefficient (Wildman–Crippen LogP) is 2.56. The SMILES string of the molecule is O=C(COc1ccc(F)cc1F)NCC1CCN(S(=O)(=O)c2ccccc2)CC1. The van der Waals surface area contributed by atoms with E-state index in [9.17, 15) is 22.0 Å². The molecular formula is C20H22F2N2O4S. The van der Waals surface area contributed by atoms with E-state index in [1.165, 1.54) is 4.31 Å². The van der Waals surface area contributed by atoms with Gasteiger partial charge in [-0.05, 0) is 43.0 Å². The summed E-state index contributed by atoms with van der Waals surface area (Å²) in [4.78, 5) is 12.2. The lowest BCUT2D eigenvalue weighted by Crippen LogP contribution is -2.42. The highest BCUT2D eigenvalue weighted by Gasteiger charge is 2.29. The van der Waals surface area contributed by atoms with E-state index >= 15 is 0 Å². The molecule has 156 valence electrons. The van der Waals surface area contributed by atoms with Crippen LogP contribution in [-0.4, -0.2) is 44.9 Å². The van der Waals surface area contributed by atoms with Crippen LogP contribution in [0.2, 0.25) is 0 Å². The fourth-order valence-electron chi connectivity index (χ4n) is 3.14. The third-order valence-electron chi connectivity index (χ3n) is 4.80. The van der Waals surface area contributed by atoms with Crippen LogP contribution in [0.4, 0.5) is 8.78 Å². The van der Waals surface area contributed by atoms with Gasteiger partial charge in [0.05, 0.1) is 4.90 Å². The minimum atomic E-state index is -3.50. The van der Waals surface area contributed by atoms with Gasteiger partial charge in [0, 0.05) is 25.7 Å². The second-order valence-electron chi connectivity index (χ2n) is 6.83. The lowest BCUT2D eigenvalue weighted by molar-refractivity contribution is -0.123. The number of amides is 1. The number of carbonyl (C=O) groups is 1. The first-order chi connectivity index (χ1) is 13.9. The molecule has 0 radical (unpaired) electrons. The molecule has 29 heavy (non-hydrogen) atoms. The molecule has 1 aliphatic heterocycles. The summed E-state index contributed by atoms with van der Waals surface area (Å²) >= 11 is 0. The fraction of sp³-hybridized carbons (Fsp3) is 0.350. The molecule has 0 unspecified atom stereocenters. The summed E-state index contributed by atoms with van der Waals surface area (Å²) in [5.41, 5.74) is 0. The molecule has 1 heterocycles. The highest BCUT2D eigenvalue weighted by molar-refractivity contribution is 7.89. The van der Waals surface area contributed by atoms with Gasteiger partial charge >= 0.3 is 0 Å². The van der Waals surface area contributed by atoms with Gasteiger partial charge in [-0.1, -0.05) is 18.2 Å². The van der Waals surface area contributed by atoms with Crippen molar-refractivity contribution in [3.8, 4) is 5.75 Å². The first-order valence-electron chi connectivity index (χ1n) is 9.26. The summed E-state index contributed by atoms with van der Waals surface area (Å²) in [6.45, 7) is 0.765. The van der Waals surface area contributed by atoms with E-state index in [1.54, 1.807) is 30.3 Å². The highest BCUT2D eigenvalue weighted by atomic mass is 32.2. The molecule has 0 aromatic heterocycles. The molecule has 3 rings (SSSR count). The molecule has 0 saturated carbocycles. The van der Waals surface area contributed by atoms with Crippen molar-refractivity contribution < 1.29 is 26.7 Å². The number of sulfonamides is 1. The van der Waals surface area contributed by atoms with E-state index in [1.807, 2.05) is 0 Å². The molecule has 1 amide bonds. The van der Waals surface area contributed by atoms with E-state index in [0.717, 1.165) is 12.1 Å². The van der Waals surface area contributed by atoms with E-state index in [2.05, 4.69) is 5.32 Å². The van der Waals surface area contributed by atoms with Crippen LogP contribution in [0.1, 0.15) is 12.8 Å². The van der Waals surface area contributed by atoms with Crippen LogP contribution in [0, 0.1) is 17.6 Å². The van der Waals surface area contributed by atoms with Crippen LogP contribution in [0.5, 0.6) is 5.75 Å². The Morgan fingerprint density at radius 2 is 1.79 bits per heavy atom. The maximum Gasteiger partial charge on any atom is 0.257 e. The van der Waals surface area contributed by atoms with Gasteiger partial charge in [-0.2, -0.15) is 4.31 Å². The topological polar surface area (TPSA) is 75.7 Å². The smallest absolute Gasteiger partial charge is 0.257 e. The molecule has 1 aliphatic rings. The first kappa shape index (κ1) is 21.2. The molecule has 1 N–H and O–H groups in total. The second-order valence-corrected chi connectivity index (χ2v) is 8.77. The Hall–Kier alpha value is -2.52. The Morgan fingerprint density at radius 1 is 1.10 bits per heavy atom. The number of halogens is 2. The zero-order valence-electron chi connectivity index (χ0n) is 15.7. The summed E-state index contributed by atoms with van der Waals surface area (Å²) in [7, 11) is -3.50. The fourth-order valence-corrected chi connectivity index (χ4v) is 4.63. The molecule has 9 heteroatoms. The molecule has 0 bridgehead atoms. The van der Waals surface area contributed by atoms with Gasteiger partial charge in [0.15, 0.2) is 18.2 Å². The molecular weight excluding hydrogens is 402 g/mol. The van der Waals surface area contributed by atoms with E-state index in [-0.39, 0.29) is 23.2 Å². The van der Waals surface area contributed by atoms with Crippen molar-refractivity contribution in [3.05, 3.63) is 60.2 Å². The van der Waals surface area contributed by atoms with Crippen LogP contribution in [0.25, 0.3) is 0 Å². The molecule has 0 atom stereocenters. The van der Waals surface area contributed by atoms with Crippen molar-refractivity contribution in [1.82, 2.24) is 9.62 Å². The van der Waals surface area contributed by atoms with E-state index < -0.39 is 27.6 Å². The normalized spacial score (nSPS) is 15.8. The number of carbonyl (C=O) groups excluding carboxylic acids is 1. The number of benzene rings is 2. The Morgan fingerprint density at radius 3 is 2.45 bits per heavy atom. The summed E-state index contributed by atoms with van der Waals surface area (Å²) in [5.74, 6) is -2.07. The Bertz CT molecular complexity index is 946. The Labute approximate surface area is 168 Å². The van der Waals surface area contributed by atoms with Gasteiger partial charge in [0.1, 0.15) is 5.82 Å². The van der Waals surface area contributed by atoms with Crippen LogP contribution in [-0.2, 0) is 14.8 Å². The number of ether oxygens (including phenoxy) is 1. The quantitative estimate of drug-likeness (QED) is 0.741. The summed E-state index contributed by atoms with van der Waals surface area (Å²) in [6.07, 6.45) is 1.25. The number of piperidine rings is 1. The third kappa shape index (κ3) is 5.51. The van der Waals surface area contributed by atoms with Crippen molar-refractivity contribution in [1.29, 1.82) is 0 Å². The molecule has 2 aromatic rings. The van der Waals surface area contributed by atoms with Gasteiger partial charge < -0.3 is 10.1 Å². The van der Waals surface area contributed by atoms with Gasteiger partial charge in [-0.25, -0.2) is 17.2 Å². The zero-order chi connectivity index (χ0) is 20.9. The summed E-state index contributed by atoms with van der Waals surface area (Å²) < 4.78 is 58.1. The molecule has 0 aliphatic carbocycles. The third-order valence-corrected chi connectivity index (χ3v) is 6.71. The predicted molar refractivity (Wildman–Crippen MR) is 103 cm³/mol.